The van der Waals surface area contributed by atoms with Crippen LogP contribution in [0, 0.1) is 5.41 Å². The zero-order valence-electron chi connectivity index (χ0n) is 16.9. The summed E-state index contributed by atoms with van der Waals surface area (Å²) in [5.41, 5.74) is 1.79. The monoisotopic (exact) mass is 362 g/mol. The van der Waals surface area contributed by atoms with E-state index >= 15 is 0 Å². The van der Waals surface area contributed by atoms with Gasteiger partial charge in [-0.25, -0.2) is 0 Å². The van der Waals surface area contributed by atoms with Crippen molar-refractivity contribution < 1.29 is 14.3 Å². The molecule has 0 heterocycles. The standard InChI is InChI=1S/C21H34O3Si/c1-8-19(23)21(3,4)20(13-16(2)22)24-14-17-9-11-18(12-10-17)15-25(5,6)7/h9-12,20H,8,13-15H2,1-7H3. The lowest BCUT2D eigenvalue weighted by molar-refractivity contribution is -0.139. The van der Waals surface area contributed by atoms with Crippen LogP contribution in [0.3, 0.4) is 0 Å². The van der Waals surface area contributed by atoms with E-state index < -0.39 is 13.5 Å². The molecule has 140 valence electrons. The zero-order valence-corrected chi connectivity index (χ0v) is 17.9. The maximum Gasteiger partial charge on any atom is 0.140 e. The molecule has 0 amide bonds. The third kappa shape index (κ3) is 7.24. The molecule has 0 saturated heterocycles. The van der Waals surface area contributed by atoms with Gasteiger partial charge in [0.1, 0.15) is 11.6 Å². The van der Waals surface area contributed by atoms with Gasteiger partial charge in [-0.05, 0) is 18.5 Å². The van der Waals surface area contributed by atoms with Crippen molar-refractivity contribution in [1.82, 2.24) is 0 Å². The summed E-state index contributed by atoms with van der Waals surface area (Å²) < 4.78 is 6.03. The molecule has 0 spiro atoms. The van der Waals surface area contributed by atoms with E-state index in [2.05, 4.69) is 43.9 Å². The second kappa shape index (κ2) is 8.90. The molecular weight excluding hydrogens is 328 g/mol. The Morgan fingerprint density at radius 3 is 2.04 bits per heavy atom. The minimum absolute atomic E-state index is 0.0486. The van der Waals surface area contributed by atoms with Gasteiger partial charge in [0, 0.05) is 26.3 Å². The summed E-state index contributed by atoms with van der Waals surface area (Å²) in [4.78, 5) is 23.9. The van der Waals surface area contributed by atoms with Crippen LogP contribution in [0.4, 0.5) is 0 Å². The number of rotatable bonds is 10. The number of hydrogen-bond acceptors (Lipinski definition) is 3. The predicted octanol–water partition coefficient (Wildman–Crippen LogP) is 4.98. The summed E-state index contributed by atoms with van der Waals surface area (Å²) in [5, 5.41) is 0. The average molecular weight is 363 g/mol. The van der Waals surface area contributed by atoms with Crippen molar-refractivity contribution in [1.29, 1.82) is 0 Å². The Labute approximate surface area is 154 Å². The number of carbonyl (C=O) groups is 2. The van der Waals surface area contributed by atoms with Gasteiger partial charge in [0.15, 0.2) is 0 Å². The van der Waals surface area contributed by atoms with Gasteiger partial charge in [0.25, 0.3) is 0 Å². The quantitative estimate of drug-likeness (QED) is 0.552. The van der Waals surface area contributed by atoms with Gasteiger partial charge in [0.05, 0.1) is 12.7 Å². The van der Waals surface area contributed by atoms with Crippen molar-refractivity contribution in [2.24, 2.45) is 5.41 Å². The van der Waals surface area contributed by atoms with Crippen LogP contribution in [0.2, 0.25) is 19.6 Å². The number of carbonyl (C=O) groups excluding carboxylic acids is 2. The Balaban J connectivity index is 2.79. The van der Waals surface area contributed by atoms with Crippen LogP contribution in [-0.2, 0) is 27.0 Å². The summed E-state index contributed by atoms with van der Waals surface area (Å²) in [6, 6.07) is 9.68. The van der Waals surface area contributed by atoms with E-state index in [9.17, 15) is 9.59 Å². The second-order valence-electron chi connectivity index (χ2n) is 8.76. The lowest BCUT2D eigenvalue weighted by atomic mass is 9.79. The Kier molecular flexibility index (Phi) is 7.76. The molecule has 1 aromatic rings. The van der Waals surface area contributed by atoms with Gasteiger partial charge in [-0.15, -0.1) is 0 Å². The Morgan fingerprint density at radius 1 is 1.08 bits per heavy atom. The fourth-order valence-corrected chi connectivity index (χ4v) is 4.44. The van der Waals surface area contributed by atoms with E-state index in [0.29, 0.717) is 13.0 Å². The van der Waals surface area contributed by atoms with E-state index in [1.807, 2.05) is 20.8 Å². The van der Waals surface area contributed by atoms with E-state index in [-0.39, 0.29) is 24.1 Å². The van der Waals surface area contributed by atoms with Crippen LogP contribution >= 0.6 is 0 Å². The number of benzene rings is 1. The van der Waals surface area contributed by atoms with Crippen LogP contribution in [0.1, 0.15) is 51.7 Å². The Morgan fingerprint density at radius 2 is 1.60 bits per heavy atom. The molecule has 0 saturated carbocycles. The SMILES string of the molecule is CCC(=O)C(C)(C)C(CC(C)=O)OCc1ccc(C[Si](C)(C)C)cc1. The van der Waals surface area contributed by atoms with E-state index in [0.717, 1.165) is 5.56 Å². The normalized spacial score (nSPS) is 13.6. The molecule has 1 unspecified atom stereocenters. The highest BCUT2D eigenvalue weighted by molar-refractivity contribution is 6.75. The lowest BCUT2D eigenvalue weighted by Gasteiger charge is -2.32. The minimum atomic E-state index is -1.12. The maximum absolute atomic E-state index is 12.3. The van der Waals surface area contributed by atoms with Crippen LogP contribution < -0.4 is 0 Å². The van der Waals surface area contributed by atoms with Crippen molar-refractivity contribution in [3.8, 4) is 0 Å². The predicted molar refractivity (Wildman–Crippen MR) is 106 cm³/mol. The molecule has 0 aromatic heterocycles. The molecule has 0 aliphatic rings. The Hall–Kier alpha value is -1.26. The summed E-state index contributed by atoms with van der Waals surface area (Å²) in [6.07, 6.45) is 0.335. The minimum Gasteiger partial charge on any atom is -0.372 e. The summed E-state index contributed by atoms with van der Waals surface area (Å²) in [7, 11) is -1.12. The van der Waals surface area contributed by atoms with Gasteiger partial charge < -0.3 is 4.74 Å². The van der Waals surface area contributed by atoms with Gasteiger partial charge in [-0.3, -0.25) is 9.59 Å². The molecule has 0 fully saturated rings. The maximum atomic E-state index is 12.3. The smallest absolute Gasteiger partial charge is 0.140 e. The molecule has 1 atom stereocenters. The van der Waals surface area contributed by atoms with Crippen molar-refractivity contribution in [2.75, 3.05) is 0 Å². The van der Waals surface area contributed by atoms with E-state index in [1.54, 1.807) is 6.92 Å². The average Bonchev–Trinajstić information content (AvgIpc) is 2.50. The summed E-state index contributed by atoms with van der Waals surface area (Å²) in [5.74, 6) is 0.177. The number of ether oxygens (including phenoxy) is 1. The second-order valence-corrected chi connectivity index (χ2v) is 14.2. The fraction of sp³-hybridized carbons (Fsp3) is 0.619. The molecule has 25 heavy (non-hydrogen) atoms. The number of ketones is 2. The largest absolute Gasteiger partial charge is 0.372 e. The molecule has 0 bridgehead atoms. The molecule has 0 radical (unpaired) electrons. The number of hydrogen-bond donors (Lipinski definition) is 0. The molecule has 1 aromatic carbocycles. The highest BCUT2D eigenvalue weighted by Crippen LogP contribution is 2.29. The zero-order chi connectivity index (χ0) is 19.3. The first-order valence-corrected chi connectivity index (χ1v) is 12.9. The molecule has 0 aliphatic carbocycles. The van der Waals surface area contributed by atoms with Crippen molar-refractivity contribution >= 4 is 19.6 Å². The first kappa shape index (κ1) is 21.8. The first-order valence-electron chi connectivity index (χ1n) is 9.18. The third-order valence-electron chi connectivity index (χ3n) is 4.53. The molecular formula is C21H34O3Si. The highest BCUT2D eigenvalue weighted by atomic mass is 28.3. The van der Waals surface area contributed by atoms with Crippen molar-refractivity contribution in [3.05, 3.63) is 35.4 Å². The van der Waals surface area contributed by atoms with Crippen LogP contribution in [0.15, 0.2) is 24.3 Å². The molecule has 3 nitrogen and oxygen atoms in total. The van der Waals surface area contributed by atoms with Crippen molar-refractivity contribution in [2.45, 2.75) is 78.9 Å². The molecule has 1 rings (SSSR count). The summed E-state index contributed by atoms with van der Waals surface area (Å²) >= 11 is 0. The topological polar surface area (TPSA) is 43.4 Å². The summed E-state index contributed by atoms with van der Waals surface area (Å²) in [6.45, 7) is 14.7. The molecule has 0 N–H and O–H groups in total. The van der Waals surface area contributed by atoms with Gasteiger partial charge in [-0.1, -0.05) is 70.2 Å². The lowest BCUT2D eigenvalue weighted by Crippen LogP contribution is -2.40. The van der Waals surface area contributed by atoms with Gasteiger partial charge >= 0.3 is 0 Å². The molecule has 0 aliphatic heterocycles. The van der Waals surface area contributed by atoms with Crippen LogP contribution in [0.25, 0.3) is 0 Å². The van der Waals surface area contributed by atoms with Gasteiger partial charge in [-0.2, -0.15) is 0 Å². The highest BCUT2D eigenvalue weighted by Gasteiger charge is 2.37. The molecule has 4 heteroatoms. The van der Waals surface area contributed by atoms with Crippen LogP contribution in [0.5, 0.6) is 0 Å². The first-order chi connectivity index (χ1) is 11.5. The fourth-order valence-electron chi connectivity index (χ4n) is 2.98. The van der Waals surface area contributed by atoms with E-state index in [4.69, 9.17) is 4.74 Å². The number of Topliss-reactive ketones (excluding diaryl/α,β-unsaturated/α-hetero) is 2. The van der Waals surface area contributed by atoms with E-state index in [1.165, 1.54) is 11.6 Å². The Bertz CT molecular complexity index is 582. The van der Waals surface area contributed by atoms with Crippen LogP contribution in [-0.4, -0.2) is 25.7 Å². The van der Waals surface area contributed by atoms with Crippen molar-refractivity contribution in [3.63, 3.8) is 0 Å². The third-order valence-corrected chi connectivity index (χ3v) is 6.00. The van der Waals surface area contributed by atoms with Gasteiger partial charge in [0.2, 0.25) is 0 Å².